The van der Waals surface area contributed by atoms with Crippen LogP contribution in [0.1, 0.15) is 18.4 Å². The SMILES string of the molecule is CN(C)CC(O)CNC1CCCN(Cc2ccccc2)C1. The smallest absolute Gasteiger partial charge is 0.0791 e. The third-order valence-electron chi connectivity index (χ3n) is 3.97. The first-order valence-electron chi connectivity index (χ1n) is 7.96. The van der Waals surface area contributed by atoms with Gasteiger partial charge in [-0.1, -0.05) is 30.3 Å². The maximum Gasteiger partial charge on any atom is 0.0791 e. The van der Waals surface area contributed by atoms with Gasteiger partial charge in [0, 0.05) is 32.2 Å². The first-order valence-corrected chi connectivity index (χ1v) is 7.96. The number of hydrogen-bond acceptors (Lipinski definition) is 4. The van der Waals surface area contributed by atoms with E-state index in [-0.39, 0.29) is 6.10 Å². The summed E-state index contributed by atoms with van der Waals surface area (Å²) in [4.78, 5) is 4.53. The Hall–Kier alpha value is -0.940. The van der Waals surface area contributed by atoms with Gasteiger partial charge in [0.1, 0.15) is 0 Å². The Bertz CT molecular complexity index is 396. The van der Waals surface area contributed by atoms with Crippen LogP contribution < -0.4 is 5.32 Å². The van der Waals surface area contributed by atoms with Crippen molar-refractivity contribution >= 4 is 0 Å². The molecule has 2 atom stereocenters. The molecule has 1 fully saturated rings. The normalized spacial score (nSPS) is 21.6. The number of nitrogens with one attached hydrogen (secondary N) is 1. The molecule has 1 aromatic rings. The molecule has 118 valence electrons. The number of aliphatic hydroxyl groups is 1. The Morgan fingerprint density at radius 1 is 1.33 bits per heavy atom. The lowest BCUT2D eigenvalue weighted by atomic mass is 10.0. The fourth-order valence-electron chi connectivity index (χ4n) is 3.00. The number of piperidine rings is 1. The number of hydrogen-bond donors (Lipinski definition) is 2. The minimum absolute atomic E-state index is 0.288. The molecule has 1 heterocycles. The average Bonchev–Trinajstić information content (AvgIpc) is 2.46. The molecule has 21 heavy (non-hydrogen) atoms. The number of likely N-dealkylation sites (N-methyl/N-ethyl adjacent to an activating group) is 1. The Labute approximate surface area is 128 Å². The van der Waals surface area contributed by atoms with Crippen LogP contribution in [0.5, 0.6) is 0 Å². The van der Waals surface area contributed by atoms with Gasteiger partial charge in [0.2, 0.25) is 0 Å². The predicted molar refractivity (Wildman–Crippen MR) is 87.3 cm³/mol. The molecule has 0 amide bonds. The van der Waals surface area contributed by atoms with Gasteiger partial charge in [-0.15, -0.1) is 0 Å². The molecule has 0 aromatic heterocycles. The molecule has 0 aliphatic carbocycles. The first kappa shape index (κ1) is 16.4. The van der Waals surface area contributed by atoms with Gasteiger partial charge < -0.3 is 15.3 Å². The van der Waals surface area contributed by atoms with Gasteiger partial charge in [0.05, 0.1) is 6.10 Å². The average molecular weight is 291 g/mol. The van der Waals surface area contributed by atoms with Crippen molar-refractivity contribution < 1.29 is 5.11 Å². The molecule has 1 saturated heterocycles. The molecular formula is C17H29N3O. The second-order valence-corrected chi connectivity index (χ2v) is 6.38. The van der Waals surface area contributed by atoms with E-state index >= 15 is 0 Å². The zero-order valence-corrected chi connectivity index (χ0v) is 13.3. The number of rotatable bonds is 7. The van der Waals surface area contributed by atoms with Crippen molar-refractivity contribution in [2.45, 2.75) is 31.5 Å². The van der Waals surface area contributed by atoms with Crippen LogP contribution in [0.4, 0.5) is 0 Å². The third kappa shape index (κ3) is 6.14. The summed E-state index contributed by atoms with van der Waals surface area (Å²) < 4.78 is 0. The summed E-state index contributed by atoms with van der Waals surface area (Å²) in [7, 11) is 3.98. The maximum absolute atomic E-state index is 9.93. The Kier molecular flexibility index (Phi) is 6.64. The van der Waals surface area contributed by atoms with Crippen molar-refractivity contribution in [3.05, 3.63) is 35.9 Å². The van der Waals surface area contributed by atoms with Crippen LogP contribution in [-0.4, -0.2) is 67.3 Å². The van der Waals surface area contributed by atoms with Gasteiger partial charge in [0.15, 0.2) is 0 Å². The highest BCUT2D eigenvalue weighted by molar-refractivity contribution is 5.14. The van der Waals surface area contributed by atoms with E-state index < -0.39 is 0 Å². The molecule has 2 N–H and O–H groups in total. The summed E-state index contributed by atoms with van der Waals surface area (Å²) in [5.41, 5.74) is 1.38. The van der Waals surface area contributed by atoms with Crippen LogP contribution in [0.2, 0.25) is 0 Å². The number of nitrogens with zero attached hydrogens (tertiary/aromatic N) is 2. The minimum atomic E-state index is -0.288. The van der Waals surface area contributed by atoms with Crippen LogP contribution in [0.15, 0.2) is 30.3 Å². The van der Waals surface area contributed by atoms with Gasteiger partial charge in [0.25, 0.3) is 0 Å². The number of aliphatic hydroxyl groups excluding tert-OH is 1. The van der Waals surface area contributed by atoms with E-state index in [1.54, 1.807) is 0 Å². The lowest BCUT2D eigenvalue weighted by Gasteiger charge is -2.34. The zero-order chi connectivity index (χ0) is 15.1. The lowest BCUT2D eigenvalue weighted by Crippen LogP contribution is -2.48. The Morgan fingerprint density at radius 2 is 2.10 bits per heavy atom. The molecule has 0 radical (unpaired) electrons. The van der Waals surface area contributed by atoms with Gasteiger partial charge in [-0.25, -0.2) is 0 Å². The summed E-state index contributed by atoms with van der Waals surface area (Å²) >= 11 is 0. The molecule has 2 unspecified atom stereocenters. The maximum atomic E-state index is 9.93. The fourth-order valence-corrected chi connectivity index (χ4v) is 3.00. The van der Waals surface area contributed by atoms with Crippen molar-refractivity contribution in [3.63, 3.8) is 0 Å². The molecule has 4 heteroatoms. The highest BCUT2D eigenvalue weighted by Crippen LogP contribution is 2.13. The molecule has 1 aliphatic rings. The standard InChI is InChI=1S/C17H29N3O/c1-19(2)14-17(21)11-18-16-9-6-10-20(13-16)12-15-7-4-3-5-8-15/h3-5,7-8,16-18,21H,6,9-14H2,1-2H3. The fraction of sp³-hybridized carbons (Fsp3) is 0.647. The van der Waals surface area contributed by atoms with Crippen LogP contribution in [-0.2, 0) is 6.54 Å². The topological polar surface area (TPSA) is 38.7 Å². The first-order chi connectivity index (χ1) is 10.1. The van der Waals surface area contributed by atoms with Crippen LogP contribution in [0.25, 0.3) is 0 Å². The van der Waals surface area contributed by atoms with Crippen molar-refractivity contribution in [2.24, 2.45) is 0 Å². The largest absolute Gasteiger partial charge is 0.390 e. The van der Waals surface area contributed by atoms with E-state index in [4.69, 9.17) is 0 Å². The summed E-state index contributed by atoms with van der Waals surface area (Å²) in [6, 6.07) is 11.2. The quantitative estimate of drug-likeness (QED) is 0.791. The number of benzene rings is 1. The summed E-state index contributed by atoms with van der Waals surface area (Å²) in [5.74, 6) is 0. The van der Waals surface area contributed by atoms with Crippen molar-refractivity contribution in [1.82, 2.24) is 15.1 Å². The molecule has 1 aromatic carbocycles. The van der Waals surface area contributed by atoms with Crippen LogP contribution in [0, 0.1) is 0 Å². The molecule has 2 rings (SSSR count). The minimum Gasteiger partial charge on any atom is -0.390 e. The highest BCUT2D eigenvalue weighted by atomic mass is 16.3. The molecule has 1 aliphatic heterocycles. The molecule has 0 bridgehead atoms. The summed E-state index contributed by atoms with van der Waals surface area (Å²) in [5, 5.41) is 13.5. The second-order valence-electron chi connectivity index (χ2n) is 6.38. The van der Waals surface area contributed by atoms with Gasteiger partial charge >= 0.3 is 0 Å². The summed E-state index contributed by atoms with van der Waals surface area (Å²) in [6.07, 6.45) is 2.15. The number of likely N-dealkylation sites (tertiary alicyclic amines) is 1. The van der Waals surface area contributed by atoms with Crippen molar-refractivity contribution in [3.8, 4) is 0 Å². The van der Waals surface area contributed by atoms with Crippen molar-refractivity contribution in [1.29, 1.82) is 0 Å². The second kappa shape index (κ2) is 8.49. The van der Waals surface area contributed by atoms with Gasteiger partial charge in [-0.05, 0) is 39.0 Å². The van der Waals surface area contributed by atoms with E-state index in [0.29, 0.717) is 19.1 Å². The lowest BCUT2D eigenvalue weighted by molar-refractivity contribution is 0.119. The third-order valence-corrected chi connectivity index (χ3v) is 3.97. The predicted octanol–water partition coefficient (Wildman–Crippen LogP) is 1.16. The summed E-state index contributed by atoms with van der Waals surface area (Å²) in [6.45, 7) is 4.67. The zero-order valence-electron chi connectivity index (χ0n) is 13.3. The van der Waals surface area contributed by atoms with Gasteiger partial charge in [-0.2, -0.15) is 0 Å². The van der Waals surface area contributed by atoms with E-state index in [9.17, 15) is 5.11 Å². The van der Waals surface area contributed by atoms with Crippen LogP contribution >= 0.6 is 0 Å². The van der Waals surface area contributed by atoms with Gasteiger partial charge in [-0.3, -0.25) is 4.90 Å². The van der Waals surface area contributed by atoms with Crippen LogP contribution in [0.3, 0.4) is 0 Å². The molecule has 0 saturated carbocycles. The molecular weight excluding hydrogens is 262 g/mol. The molecule has 4 nitrogen and oxygen atoms in total. The monoisotopic (exact) mass is 291 g/mol. The van der Waals surface area contributed by atoms with E-state index in [1.807, 2.05) is 19.0 Å². The Morgan fingerprint density at radius 3 is 2.81 bits per heavy atom. The van der Waals surface area contributed by atoms with E-state index in [2.05, 4.69) is 40.5 Å². The highest BCUT2D eigenvalue weighted by Gasteiger charge is 2.20. The van der Waals surface area contributed by atoms with E-state index in [0.717, 1.165) is 13.1 Å². The Balaban J connectivity index is 1.73. The van der Waals surface area contributed by atoms with Crippen molar-refractivity contribution in [2.75, 3.05) is 40.3 Å². The van der Waals surface area contributed by atoms with E-state index in [1.165, 1.54) is 24.9 Å². The molecule has 0 spiro atoms.